The zero-order valence-electron chi connectivity index (χ0n) is 27.9. The van der Waals surface area contributed by atoms with Gasteiger partial charge >= 0.3 is 0 Å². The Kier molecular flexibility index (Phi) is 11.0. The van der Waals surface area contributed by atoms with Crippen molar-refractivity contribution in [1.29, 1.82) is 0 Å². The predicted molar refractivity (Wildman–Crippen MR) is 184 cm³/mol. The molecule has 4 rings (SSSR count). The summed E-state index contributed by atoms with van der Waals surface area (Å²) in [7, 11) is -3.06. The van der Waals surface area contributed by atoms with Gasteiger partial charge in [0.2, 0.25) is 10.0 Å². The van der Waals surface area contributed by atoms with Crippen molar-refractivity contribution in [3.63, 3.8) is 0 Å². The fraction of sp³-hybridized carbons (Fsp3) is 0.382. The number of methoxy groups -OCH3 is 1. The molecular formula is C34H43N3O8SSi. The van der Waals surface area contributed by atoms with E-state index in [4.69, 9.17) is 13.9 Å². The number of ether oxygens (including phenoxy) is 2. The van der Waals surface area contributed by atoms with Crippen LogP contribution in [0.1, 0.15) is 48.7 Å². The van der Waals surface area contributed by atoms with Gasteiger partial charge in [-0.2, -0.15) is 0 Å². The third kappa shape index (κ3) is 8.28. The Labute approximate surface area is 277 Å². The highest BCUT2D eigenvalue weighted by Gasteiger charge is 2.39. The van der Waals surface area contributed by atoms with Crippen LogP contribution in [0.2, 0.25) is 18.1 Å². The first-order chi connectivity index (χ1) is 22.1. The molecule has 1 aliphatic rings. The molecule has 0 saturated heterocycles. The van der Waals surface area contributed by atoms with E-state index in [1.165, 1.54) is 38.4 Å². The largest absolute Gasteiger partial charge is 0.493 e. The summed E-state index contributed by atoms with van der Waals surface area (Å²) in [6, 6.07) is 18.0. The Morgan fingerprint density at radius 3 is 2.30 bits per heavy atom. The van der Waals surface area contributed by atoms with Crippen LogP contribution in [-0.2, 0) is 21.1 Å². The van der Waals surface area contributed by atoms with E-state index < -0.39 is 35.2 Å². The van der Waals surface area contributed by atoms with Gasteiger partial charge in [-0.3, -0.25) is 14.9 Å². The molecule has 0 saturated carbocycles. The minimum Gasteiger partial charge on any atom is -0.493 e. The fourth-order valence-corrected chi connectivity index (χ4v) is 6.70. The van der Waals surface area contributed by atoms with Gasteiger partial charge in [-0.25, -0.2) is 13.1 Å². The second-order valence-electron chi connectivity index (χ2n) is 12.9. The second kappa shape index (κ2) is 14.4. The molecule has 1 N–H and O–H groups in total. The lowest BCUT2D eigenvalue weighted by molar-refractivity contribution is -0.385. The van der Waals surface area contributed by atoms with E-state index in [0.29, 0.717) is 6.42 Å². The van der Waals surface area contributed by atoms with E-state index in [-0.39, 0.29) is 52.4 Å². The van der Waals surface area contributed by atoms with Crippen molar-refractivity contribution in [3.8, 4) is 11.5 Å². The van der Waals surface area contributed by atoms with Crippen molar-refractivity contribution in [2.45, 2.75) is 62.9 Å². The van der Waals surface area contributed by atoms with Crippen LogP contribution < -0.4 is 14.2 Å². The van der Waals surface area contributed by atoms with Gasteiger partial charge in [-0.15, -0.1) is 0 Å². The first-order valence-electron chi connectivity index (χ1n) is 15.3. The molecule has 47 heavy (non-hydrogen) atoms. The summed E-state index contributed by atoms with van der Waals surface area (Å²) < 4.78 is 44.8. The average molecular weight is 682 g/mol. The minimum absolute atomic E-state index is 0.0839. The van der Waals surface area contributed by atoms with E-state index in [1.807, 2.05) is 36.4 Å². The number of nitrogens with zero attached hydrogens (tertiary/aromatic N) is 2. The number of hydrogen-bond donors (Lipinski definition) is 1. The third-order valence-electron chi connectivity index (χ3n) is 8.85. The quantitative estimate of drug-likeness (QED) is 0.132. The maximum absolute atomic E-state index is 14.2. The number of sulfonamides is 1. The Hall–Kier alpha value is -4.04. The van der Waals surface area contributed by atoms with Crippen LogP contribution in [-0.4, -0.2) is 65.8 Å². The summed E-state index contributed by atoms with van der Waals surface area (Å²) in [4.78, 5) is 27.7. The molecule has 1 heterocycles. The number of carbonyl (C=O) groups excluding carboxylic acids is 1. The number of carbonyl (C=O) groups is 1. The topological polar surface area (TPSA) is 137 Å². The summed E-state index contributed by atoms with van der Waals surface area (Å²) >= 11 is 0. The zero-order chi connectivity index (χ0) is 34.6. The highest BCUT2D eigenvalue weighted by atomic mass is 32.2. The molecule has 0 aliphatic carbocycles. The standard InChI is InChI=1S/C34H43N3O8SSi/c1-34(2,3)47(6,7)45-23-27-19-26(25-13-15-28(16-14-25)46(41,42)35-4)17-18-36(27)33(38)29-20-31(43-5)32(21-30(29)37(39)40)44-22-24-11-9-8-10-12-24/h8-16,19-21,27,35H,17-18,22-23H2,1-7H3/t27-/m0/s1. The molecule has 11 nitrogen and oxygen atoms in total. The normalized spacial score (nSPS) is 15.6. The van der Waals surface area contributed by atoms with Crippen molar-refractivity contribution in [3.05, 3.63) is 99.6 Å². The van der Waals surface area contributed by atoms with E-state index in [0.717, 1.165) is 16.7 Å². The highest BCUT2D eigenvalue weighted by molar-refractivity contribution is 7.89. The molecular weight excluding hydrogens is 639 g/mol. The van der Waals surface area contributed by atoms with Crippen LogP contribution in [0.5, 0.6) is 11.5 Å². The molecule has 1 amide bonds. The Morgan fingerprint density at radius 2 is 1.72 bits per heavy atom. The van der Waals surface area contributed by atoms with Gasteiger partial charge < -0.3 is 18.8 Å². The highest BCUT2D eigenvalue weighted by Crippen LogP contribution is 2.39. The predicted octanol–water partition coefficient (Wildman–Crippen LogP) is 6.41. The molecule has 3 aromatic rings. The number of rotatable bonds is 12. The van der Waals surface area contributed by atoms with E-state index in [2.05, 4.69) is 38.6 Å². The lowest BCUT2D eigenvalue weighted by Gasteiger charge is -2.40. The SMILES string of the molecule is CNS(=O)(=O)c1ccc(C2=C[C@@H](CO[Si](C)(C)C(C)(C)C)N(C(=O)c3cc(OC)c(OCc4ccccc4)cc3[N+](=O)[O-])CC2)cc1. The first kappa shape index (κ1) is 35.8. The van der Waals surface area contributed by atoms with E-state index in [9.17, 15) is 23.3 Å². The lowest BCUT2D eigenvalue weighted by Crippen LogP contribution is -2.49. The number of nitro benzene ring substituents is 1. The molecule has 1 aliphatic heterocycles. The van der Waals surface area contributed by atoms with Gasteiger partial charge in [0.15, 0.2) is 19.8 Å². The number of benzene rings is 3. The van der Waals surface area contributed by atoms with Crippen LogP contribution in [0, 0.1) is 10.1 Å². The lowest BCUT2D eigenvalue weighted by atomic mass is 9.95. The van der Waals surface area contributed by atoms with Crippen LogP contribution >= 0.6 is 0 Å². The van der Waals surface area contributed by atoms with Gasteiger partial charge in [-0.05, 0) is 60.4 Å². The third-order valence-corrected chi connectivity index (χ3v) is 14.8. The van der Waals surface area contributed by atoms with Gasteiger partial charge in [0.1, 0.15) is 12.2 Å². The zero-order valence-corrected chi connectivity index (χ0v) is 29.7. The fourth-order valence-electron chi connectivity index (χ4n) is 4.95. The summed E-state index contributed by atoms with van der Waals surface area (Å²) in [5.74, 6) is -0.171. The Bertz CT molecular complexity index is 1740. The molecule has 252 valence electrons. The molecule has 0 radical (unpaired) electrons. The van der Waals surface area contributed by atoms with Crippen molar-refractivity contribution < 1.29 is 32.0 Å². The average Bonchev–Trinajstić information content (AvgIpc) is 3.05. The summed E-state index contributed by atoms with van der Waals surface area (Å²) in [5.41, 5.74) is 2.10. The van der Waals surface area contributed by atoms with E-state index >= 15 is 0 Å². The summed E-state index contributed by atoms with van der Waals surface area (Å²) in [5, 5.41) is 12.2. The number of nitrogens with one attached hydrogen (secondary N) is 1. The molecule has 3 aromatic carbocycles. The van der Waals surface area contributed by atoms with Crippen LogP contribution in [0.3, 0.4) is 0 Å². The molecule has 0 unspecified atom stereocenters. The van der Waals surface area contributed by atoms with Gasteiger partial charge in [0, 0.05) is 12.6 Å². The monoisotopic (exact) mass is 681 g/mol. The Morgan fingerprint density at radius 1 is 1.06 bits per heavy atom. The van der Waals surface area contributed by atoms with Gasteiger partial charge in [0.25, 0.3) is 11.6 Å². The van der Waals surface area contributed by atoms with Gasteiger partial charge in [-0.1, -0.05) is 69.3 Å². The van der Waals surface area contributed by atoms with Crippen molar-refractivity contribution >= 4 is 35.5 Å². The number of nitro groups is 1. The smallest absolute Gasteiger partial charge is 0.286 e. The van der Waals surface area contributed by atoms with Gasteiger partial charge in [0.05, 0.1) is 35.6 Å². The van der Waals surface area contributed by atoms with Crippen molar-refractivity contribution in [2.75, 3.05) is 27.3 Å². The van der Waals surface area contributed by atoms with Crippen LogP contribution in [0.15, 0.2) is 77.7 Å². The molecule has 0 spiro atoms. The maximum atomic E-state index is 14.2. The summed E-state index contributed by atoms with van der Waals surface area (Å²) in [6.07, 6.45) is 2.39. The molecule has 13 heteroatoms. The first-order valence-corrected chi connectivity index (χ1v) is 19.7. The minimum atomic E-state index is -3.60. The molecule has 1 atom stereocenters. The van der Waals surface area contributed by atoms with Crippen molar-refractivity contribution in [2.24, 2.45) is 0 Å². The molecule has 0 bridgehead atoms. The molecule has 0 aromatic heterocycles. The van der Waals surface area contributed by atoms with Crippen LogP contribution in [0.25, 0.3) is 5.57 Å². The molecule has 0 fully saturated rings. The second-order valence-corrected chi connectivity index (χ2v) is 19.6. The summed E-state index contributed by atoms with van der Waals surface area (Å²) in [6.45, 7) is 11.2. The number of hydrogen-bond acceptors (Lipinski definition) is 8. The van der Waals surface area contributed by atoms with E-state index in [1.54, 1.807) is 17.0 Å². The maximum Gasteiger partial charge on any atom is 0.286 e. The Balaban J connectivity index is 1.70. The van der Waals surface area contributed by atoms with Crippen molar-refractivity contribution in [1.82, 2.24) is 9.62 Å². The number of amides is 1. The van der Waals surface area contributed by atoms with Crippen LogP contribution in [0.4, 0.5) is 5.69 Å².